The van der Waals surface area contributed by atoms with Gasteiger partial charge >= 0.3 is 0 Å². The number of unbranched alkanes of at least 4 members (excludes halogenated alkanes) is 1. The van der Waals surface area contributed by atoms with Crippen molar-refractivity contribution in [3.05, 3.63) is 48.6 Å². The zero-order chi connectivity index (χ0) is 19.8. The third-order valence-electron chi connectivity index (χ3n) is 6.40. The average molecular weight is 383 g/mol. The Bertz CT molecular complexity index is 666. The molecule has 1 aliphatic heterocycles. The Morgan fingerprint density at radius 2 is 1.96 bits per heavy atom. The number of hydrogen-bond acceptors (Lipinski definition) is 2. The van der Waals surface area contributed by atoms with Crippen molar-refractivity contribution in [2.45, 2.75) is 82.2 Å². The summed E-state index contributed by atoms with van der Waals surface area (Å²) < 4.78 is 0. The highest BCUT2D eigenvalue weighted by Gasteiger charge is 2.50. The minimum atomic E-state index is -0.688. The van der Waals surface area contributed by atoms with Crippen LogP contribution in [0.1, 0.15) is 69.8 Å². The molecule has 0 radical (unpaired) electrons. The molecule has 1 atom stereocenters. The van der Waals surface area contributed by atoms with E-state index in [1.807, 2.05) is 29.2 Å². The lowest BCUT2D eigenvalue weighted by atomic mass is 9.86. The van der Waals surface area contributed by atoms with Crippen LogP contribution in [-0.2, 0) is 16.0 Å². The number of carbonyl (C=O) groups excluding carboxylic acids is 2. The van der Waals surface area contributed by atoms with E-state index in [0.29, 0.717) is 19.4 Å². The molecule has 3 rings (SSSR count). The van der Waals surface area contributed by atoms with E-state index < -0.39 is 5.54 Å². The topological polar surface area (TPSA) is 49.4 Å². The molecule has 0 bridgehead atoms. The van der Waals surface area contributed by atoms with Gasteiger partial charge in [-0.1, -0.05) is 55.7 Å². The van der Waals surface area contributed by atoms with Crippen LogP contribution in [0.15, 0.2) is 43.0 Å². The minimum absolute atomic E-state index is 0.0716. The fourth-order valence-corrected chi connectivity index (χ4v) is 4.76. The van der Waals surface area contributed by atoms with Crippen molar-refractivity contribution in [3.63, 3.8) is 0 Å². The lowest BCUT2D eigenvalue weighted by Crippen LogP contribution is -2.58. The SMILES string of the molecule is C=CCCCC1(C(=O)NC2CCCCC2)CCC(=O)N1CCc1ccccc1. The van der Waals surface area contributed by atoms with Gasteiger partial charge in [0, 0.05) is 19.0 Å². The highest BCUT2D eigenvalue weighted by atomic mass is 16.2. The number of hydrogen-bond donors (Lipinski definition) is 1. The number of amides is 2. The summed E-state index contributed by atoms with van der Waals surface area (Å²) in [7, 11) is 0. The second-order valence-corrected chi connectivity index (χ2v) is 8.30. The molecule has 0 spiro atoms. The van der Waals surface area contributed by atoms with Crippen LogP contribution in [0.25, 0.3) is 0 Å². The zero-order valence-corrected chi connectivity index (χ0v) is 17.0. The standard InChI is InChI=1S/C24H34N2O2/c1-2-3-10-17-24(23(28)25-21-13-8-5-9-14-21)18-15-22(27)26(24)19-16-20-11-6-4-7-12-20/h2,4,6-7,11-12,21H,1,3,5,8-10,13-19H2,(H,25,28). The van der Waals surface area contributed by atoms with Gasteiger partial charge in [-0.05, 0) is 50.5 Å². The van der Waals surface area contributed by atoms with Gasteiger partial charge in [-0.3, -0.25) is 9.59 Å². The van der Waals surface area contributed by atoms with E-state index in [1.54, 1.807) is 0 Å². The van der Waals surface area contributed by atoms with Crippen LogP contribution in [0.3, 0.4) is 0 Å². The van der Waals surface area contributed by atoms with E-state index in [9.17, 15) is 9.59 Å². The maximum atomic E-state index is 13.5. The van der Waals surface area contributed by atoms with E-state index in [1.165, 1.54) is 24.8 Å². The van der Waals surface area contributed by atoms with Crippen LogP contribution in [0, 0.1) is 0 Å². The quantitative estimate of drug-likeness (QED) is 0.508. The molecule has 1 aliphatic carbocycles. The maximum absolute atomic E-state index is 13.5. The molecule has 1 N–H and O–H groups in total. The van der Waals surface area contributed by atoms with Crippen LogP contribution >= 0.6 is 0 Å². The second-order valence-electron chi connectivity index (χ2n) is 8.30. The van der Waals surface area contributed by atoms with Gasteiger partial charge in [-0.25, -0.2) is 0 Å². The molecule has 1 saturated carbocycles. The van der Waals surface area contributed by atoms with Crippen molar-refractivity contribution in [1.82, 2.24) is 10.2 Å². The van der Waals surface area contributed by atoms with Crippen molar-refractivity contribution < 1.29 is 9.59 Å². The van der Waals surface area contributed by atoms with Crippen molar-refractivity contribution in [3.8, 4) is 0 Å². The summed E-state index contributed by atoms with van der Waals surface area (Å²) in [6, 6.07) is 10.5. The van der Waals surface area contributed by atoms with Gasteiger partial charge in [0.2, 0.25) is 11.8 Å². The first kappa shape index (κ1) is 20.6. The average Bonchev–Trinajstić information content (AvgIpc) is 3.05. The van der Waals surface area contributed by atoms with E-state index in [0.717, 1.165) is 38.5 Å². The smallest absolute Gasteiger partial charge is 0.246 e. The fraction of sp³-hybridized carbons (Fsp3) is 0.583. The van der Waals surface area contributed by atoms with E-state index in [4.69, 9.17) is 0 Å². The minimum Gasteiger partial charge on any atom is -0.351 e. The molecule has 28 heavy (non-hydrogen) atoms. The molecular weight excluding hydrogens is 348 g/mol. The Balaban J connectivity index is 1.75. The molecular formula is C24H34N2O2. The van der Waals surface area contributed by atoms with E-state index in [-0.39, 0.29) is 17.9 Å². The molecule has 4 nitrogen and oxygen atoms in total. The largest absolute Gasteiger partial charge is 0.351 e. The van der Waals surface area contributed by atoms with E-state index in [2.05, 4.69) is 24.0 Å². The zero-order valence-electron chi connectivity index (χ0n) is 17.0. The maximum Gasteiger partial charge on any atom is 0.246 e. The molecule has 1 unspecified atom stereocenters. The van der Waals surface area contributed by atoms with Gasteiger partial charge in [0.25, 0.3) is 0 Å². The van der Waals surface area contributed by atoms with Gasteiger partial charge < -0.3 is 10.2 Å². The molecule has 2 fully saturated rings. The molecule has 4 heteroatoms. The van der Waals surface area contributed by atoms with Gasteiger partial charge in [0.1, 0.15) is 5.54 Å². The first-order chi connectivity index (χ1) is 13.7. The van der Waals surface area contributed by atoms with Gasteiger partial charge in [-0.15, -0.1) is 6.58 Å². The van der Waals surface area contributed by atoms with Gasteiger partial charge in [-0.2, -0.15) is 0 Å². The number of rotatable bonds is 9. The molecule has 2 aliphatic rings. The highest BCUT2D eigenvalue weighted by molar-refractivity contribution is 5.94. The molecule has 2 amide bonds. The molecule has 0 aromatic heterocycles. The van der Waals surface area contributed by atoms with Crippen molar-refractivity contribution in [2.24, 2.45) is 0 Å². The van der Waals surface area contributed by atoms with Crippen molar-refractivity contribution >= 4 is 11.8 Å². The Morgan fingerprint density at radius 3 is 2.68 bits per heavy atom. The summed E-state index contributed by atoms with van der Waals surface area (Å²) in [4.78, 5) is 28.1. The summed E-state index contributed by atoms with van der Waals surface area (Å²) >= 11 is 0. The number of likely N-dealkylation sites (tertiary alicyclic amines) is 1. The van der Waals surface area contributed by atoms with Crippen molar-refractivity contribution in [2.75, 3.05) is 6.54 Å². The molecule has 1 heterocycles. The molecule has 1 saturated heterocycles. The van der Waals surface area contributed by atoms with E-state index >= 15 is 0 Å². The van der Waals surface area contributed by atoms with Gasteiger partial charge in [0.15, 0.2) is 0 Å². The van der Waals surface area contributed by atoms with Crippen LogP contribution in [0.5, 0.6) is 0 Å². The summed E-state index contributed by atoms with van der Waals surface area (Å²) in [5.74, 6) is 0.190. The molecule has 1 aromatic rings. The monoisotopic (exact) mass is 382 g/mol. The molecule has 1 aromatic carbocycles. The number of benzene rings is 1. The highest BCUT2D eigenvalue weighted by Crippen LogP contribution is 2.36. The lowest BCUT2D eigenvalue weighted by molar-refractivity contribution is -0.142. The first-order valence-electron chi connectivity index (χ1n) is 10.9. The first-order valence-corrected chi connectivity index (χ1v) is 10.9. The Hall–Kier alpha value is -2.10. The lowest BCUT2D eigenvalue weighted by Gasteiger charge is -2.39. The fourth-order valence-electron chi connectivity index (χ4n) is 4.76. The Labute approximate surface area is 169 Å². The predicted octanol–water partition coefficient (Wildman–Crippen LogP) is 4.40. The summed E-state index contributed by atoms with van der Waals surface area (Å²) in [5, 5.41) is 3.32. The summed E-state index contributed by atoms with van der Waals surface area (Å²) in [6.07, 6.45) is 12.0. The third-order valence-corrected chi connectivity index (χ3v) is 6.40. The van der Waals surface area contributed by atoms with Crippen LogP contribution < -0.4 is 5.32 Å². The van der Waals surface area contributed by atoms with Crippen LogP contribution in [0.4, 0.5) is 0 Å². The Kier molecular flexibility index (Phi) is 7.30. The molecule has 152 valence electrons. The van der Waals surface area contributed by atoms with Crippen molar-refractivity contribution in [1.29, 1.82) is 0 Å². The second kappa shape index (κ2) is 9.90. The van der Waals surface area contributed by atoms with Crippen LogP contribution in [0.2, 0.25) is 0 Å². The Morgan fingerprint density at radius 1 is 1.21 bits per heavy atom. The van der Waals surface area contributed by atoms with Gasteiger partial charge in [0.05, 0.1) is 0 Å². The number of allylic oxidation sites excluding steroid dienone is 1. The normalized spacial score (nSPS) is 23.0. The predicted molar refractivity (Wildman–Crippen MR) is 113 cm³/mol. The summed E-state index contributed by atoms with van der Waals surface area (Å²) in [6.45, 7) is 4.42. The third kappa shape index (κ3) is 4.84. The number of nitrogens with zero attached hydrogens (tertiary/aromatic N) is 1. The number of carbonyl (C=O) groups is 2. The number of nitrogens with one attached hydrogen (secondary N) is 1. The summed E-state index contributed by atoms with van der Waals surface area (Å²) in [5.41, 5.74) is 0.515. The van der Waals surface area contributed by atoms with Crippen LogP contribution in [-0.4, -0.2) is 34.8 Å².